The second kappa shape index (κ2) is 12.3. The number of benzene rings is 1. The number of amides is 1. The van der Waals surface area contributed by atoms with Crippen molar-refractivity contribution in [2.45, 2.75) is 65.5 Å². The molecule has 2 aromatic rings. The number of hydrogen-bond donors (Lipinski definition) is 1. The van der Waals surface area contributed by atoms with Crippen molar-refractivity contribution in [1.82, 2.24) is 24.9 Å². The van der Waals surface area contributed by atoms with Gasteiger partial charge in [0.2, 0.25) is 5.91 Å². The van der Waals surface area contributed by atoms with Gasteiger partial charge in [-0.15, -0.1) is 0 Å². The molecule has 0 spiro atoms. The molecule has 0 bridgehead atoms. The van der Waals surface area contributed by atoms with E-state index >= 15 is 0 Å². The average Bonchev–Trinajstić information content (AvgIpc) is 3.09. The van der Waals surface area contributed by atoms with Gasteiger partial charge in [-0.1, -0.05) is 32.0 Å². The monoisotopic (exact) mass is 495 g/mol. The summed E-state index contributed by atoms with van der Waals surface area (Å²) in [6.45, 7) is 15.9. The first-order valence-electron chi connectivity index (χ1n) is 13.8. The number of carbonyl (C=O) groups excluding carboxylic acids is 1. The van der Waals surface area contributed by atoms with E-state index in [4.69, 9.17) is 9.84 Å². The highest BCUT2D eigenvalue weighted by Crippen LogP contribution is 2.29. The zero-order valence-electron chi connectivity index (χ0n) is 22.7. The van der Waals surface area contributed by atoms with Gasteiger partial charge < -0.3 is 15.0 Å². The van der Waals surface area contributed by atoms with E-state index < -0.39 is 0 Å². The molecule has 7 nitrogen and oxygen atoms in total. The van der Waals surface area contributed by atoms with Crippen LogP contribution in [0.3, 0.4) is 0 Å². The third-order valence-corrected chi connectivity index (χ3v) is 7.28. The van der Waals surface area contributed by atoms with Crippen LogP contribution in [0.1, 0.15) is 58.3 Å². The van der Waals surface area contributed by atoms with Crippen molar-refractivity contribution in [3.8, 4) is 5.69 Å². The van der Waals surface area contributed by atoms with Crippen molar-refractivity contribution >= 4 is 5.91 Å². The lowest BCUT2D eigenvalue weighted by Crippen LogP contribution is -2.41. The minimum atomic E-state index is 0.00533. The summed E-state index contributed by atoms with van der Waals surface area (Å²) in [7, 11) is 0. The molecule has 0 aliphatic carbocycles. The predicted molar refractivity (Wildman–Crippen MR) is 144 cm³/mol. The number of nitrogens with zero attached hydrogens (tertiary/aromatic N) is 4. The van der Waals surface area contributed by atoms with E-state index in [2.05, 4.69) is 61.0 Å². The SMILES string of the molecule is CC(C)Cc1cc(CNC(=O)CN2CCCN(CC3CCOC(C)(C)C3)CC2)nn1-c1ccccc1. The number of nitrogens with one attached hydrogen (secondary N) is 1. The van der Waals surface area contributed by atoms with Crippen molar-refractivity contribution in [1.29, 1.82) is 0 Å². The summed E-state index contributed by atoms with van der Waals surface area (Å²) < 4.78 is 7.91. The summed E-state index contributed by atoms with van der Waals surface area (Å²) in [6, 6.07) is 12.4. The van der Waals surface area contributed by atoms with Crippen LogP contribution < -0.4 is 5.32 Å². The van der Waals surface area contributed by atoms with Gasteiger partial charge in [-0.25, -0.2) is 4.68 Å². The van der Waals surface area contributed by atoms with E-state index in [-0.39, 0.29) is 11.5 Å². The van der Waals surface area contributed by atoms with Crippen LogP contribution in [0.5, 0.6) is 0 Å². The van der Waals surface area contributed by atoms with E-state index in [9.17, 15) is 4.79 Å². The van der Waals surface area contributed by atoms with Gasteiger partial charge in [0.05, 0.1) is 30.1 Å². The van der Waals surface area contributed by atoms with Crippen LogP contribution in [0.2, 0.25) is 0 Å². The number of carbonyl (C=O) groups is 1. The van der Waals surface area contributed by atoms with Crippen molar-refractivity contribution in [2.75, 3.05) is 45.9 Å². The first kappa shape index (κ1) is 26.8. The highest BCUT2D eigenvalue weighted by molar-refractivity contribution is 5.77. The number of ether oxygens (including phenoxy) is 1. The normalized spacial score (nSPS) is 21.4. The van der Waals surface area contributed by atoms with E-state index in [1.807, 2.05) is 22.9 Å². The molecule has 2 fully saturated rings. The molecule has 1 N–H and O–H groups in total. The molecule has 1 aromatic heterocycles. The molecule has 2 aliphatic heterocycles. The van der Waals surface area contributed by atoms with E-state index in [1.54, 1.807) is 0 Å². The van der Waals surface area contributed by atoms with Crippen LogP contribution in [0.4, 0.5) is 0 Å². The van der Waals surface area contributed by atoms with E-state index in [0.29, 0.717) is 24.9 Å². The van der Waals surface area contributed by atoms with Crippen LogP contribution in [-0.4, -0.2) is 77.0 Å². The predicted octanol–water partition coefficient (Wildman–Crippen LogP) is 3.90. The van der Waals surface area contributed by atoms with Gasteiger partial charge >= 0.3 is 0 Å². The molecule has 198 valence electrons. The smallest absolute Gasteiger partial charge is 0.234 e. The number of hydrogen-bond acceptors (Lipinski definition) is 5. The molecule has 1 unspecified atom stereocenters. The largest absolute Gasteiger partial charge is 0.376 e. The zero-order chi connectivity index (χ0) is 25.5. The Kier molecular flexibility index (Phi) is 9.20. The van der Waals surface area contributed by atoms with Crippen LogP contribution >= 0.6 is 0 Å². The highest BCUT2D eigenvalue weighted by Gasteiger charge is 2.30. The van der Waals surface area contributed by atoms with Crippen molar-refractivity contribution in [3.05, 3.63) is 47.8 Å². The lowest BCUT2D eigenvalue weighted by Gasteiger charge is -2.37. The van der Waals surface area contributed by atoms with Gasteiger partial charge in [0, 0.05) is 31.9 Å². The Labute approximate surface area is 217 Å². The molecule has 4 rings (SSSR count). The Morgan fingerprint density at radius 2 is 1.89 bits per heavy atom. The van der Waals surface area contributed by atoms with Gasteiger partial charge in [0.1, 0.15) is 0 Å². The Morgan fingerprint density at radius 1 is 1.14 bits per heavy atom. The second-order valence-corrected chi connectivity index (χ2v) is 11.6. The number of rotatable bonds is 9. The van der Waals surface area contributed by atoms with Gasteiger partial charge in [-0.05, 0) is 82.7 Å². The second-order valence-electron chi connectivity index (χ2n) is 11.6. The van der Waals surface area contributed by atoms with Crippen LogP contribution in [0.25, 0.3) is 5.69 Å². The number of para-hydroxylation sites is 1. The van der Waals surface area contributed by atoms with Crippen LogP contribution in [-0.2, 0) is 22.5 Å². The molecule has 0 radical (unpaired) electrons. The Morgan fingerprint density at radius 3 is 2.64 bits per heavy atom. The topological polar surface area (TPSA) is 62.6 Å². The fourth-order valence-electron chi connectivity index (χ4n) is 5.61. The molecule has 0 saturated carbocycles. The summed E-state index contributed by atoms with van der Waals surface area (Å²) in [4.78, 5) is 17.7. The lowest BCUT2D eigenvalue weighted by molar-refractivity contribution is -0.122. The van der Waals surface area contributed by atoms with Gasteiger partial charge in [0.15, 0.2) is 0 Å². The summed E-state index contributed by atoms with van der Waals surface area (Å²) in [6.07, 6.45) is 4.35. The third-order valence-electron chi connectivity index (χ3n) is 7.28. The molecular weight excluding hydrogens is 450 g/mol. The summed E-state index contributed by atoms with van der Waals surface area (Å²) in [5, 5.41) is 7.93. The van der Waals surface area contributed by atoms with Crippen LogP contribution in [0.15, 0.2) is 36.4 Å². The Bertz CT molecular complexity index is 971. The average molecular weight is 496 g/mol. The molecule has 36 heavy (non-hydrogen) atoms. The molecule has 1 atom stereocenters. The summed E-state index contributed by atoms with van der Waals surface area (Å²) in [5.74, 6) is 1.32. The molecular formula is C29H45N5O2. The zero-order valence-corrected chi connectivity index (χ0v) is 22.7. The maximum Gasteiger partial charge on any atom is 0.234 e. The number of aromatic nitrogens is 2. The lowest BCUT2D eigenvalue weighted by atomic mass is 9.88. The van der Waals surface area contributed by atoms with Crippen molar-refractivity contribution < 1.29 is 9.53 Å². The minimum Gasteiger partial charge on any atom is -0.376 e. The molecule has 2 saturated heterocycles. The standard InChI is InChI=1S/C29H45N5O2/c1-23(2)17-27-18-25(31-34(27)26-9-6-5-7-10-26)20-30-28(35)22-33-13-8-12-32(14-15-33)21-24-11-16-36-29(3,4)19-24/h5-7,9-10,18,23-24H,8,11-17,19-22H2,1-4H3,(H,30,35). The molecule has 1 amide bonds. The maximum absolute atomic E-state index is 12.8. The first-order chi connectivity index (χ1) is 17.3. The van der Waals surface area contributed by atoms with E-state index in [0.717, 1.165) is 76.4 Å². The van der Waals surface area contributed by atoms with Crippen LogP contribution in [0, 0.1) is 11.8 Å². The molecule has 1 aromatic carbocycles. The Hall–Kier alpha value is -2.22. The Balaban J connectivity index is 1.25. The first-order valence-corrected chi connectivity index (χ1v) is 13.8. The molecule has 3 heterocycles. The third kappa shape index (κ3) is 7.89. The highest BCUT2D eigenvalue weighted by atomic mass is 16.5. The van der Waals surface area contributed by atoms with E-state index in [1.165, 1.54) is 5.69 Å². The molecule has 2 aliphatic rings. The maximum atomic E-state index is 12.8. The summed E-state index contributed by atoms with van der Waals surface area (Å²) in [5.41, 5.74) is 3.15. The fourth-order valence-corrected chi connectivity index (χ4v) is 5.61. The van der Waals surface area contributed by atoms with Gasteiger partial charge in [0.25, 0.3) is 0 Å². The van der Waals surface area contributed by atoms with Gasteiger partial charge in [-0.2, -0.15) is 5.10 Å². The molecule has 7 heteroatoms. The fraction of sp³-hybridized carbons (Fsp3) is 0.655. The van der Waals surface area contributed by atoms with Crippen molar-refractivity contribution in [2.24, 2.45) is 11.8 Å². The summed E-state index contributed by atoms with van der Waals surface area (Å²) >= 11 is 0. The minimum absolute atomic E-state index is 0.00533. The quantitative estimate of drug-likeness (QED) is 0.572. The van der Waals surface area contributed by atoms with Gasteiger partial charge in [-0.3, -0.25) is 9.69 Å². The van der Waals surface area contributed by atoms with Crippen molar-refractivity contribution in [3.63, 3.8) is 0 Å².